The Labute approximate surface area is 126 Å². The Bertz CT molecular complexity index is 556. The largest absolute Gasteiger partial charge is 0.308 e. The van der Waals surface area contributed by atoms with Crippen LogP contribution in [-0.2, 0) is 6.54 Å². The van der Waals surface area contributed by atoms with Gasteiger partial charge in [-0.2, -0.15) is 0 Å². The average molecular weight is 286 g/mol. The van der Waals surface area contributed by atoms with E-state index < -0.39 is 0 Å². The lowest BCUT2D eigenvalue weighted by atomic mass is 10.1. The molecule has 0 saturated heterocycles. The van der Waals surface area contributed by atoms with E-state index in [1.807, 2.05) is 6.20 Å². The van der Waals surface area contributed by atoms with E-state index in [2.05, 4.69) is 74.4 Å². The highest BCUT2D eigenvalue weighted by Gasteiger charge is 2.08. The molecule has 3 heteroatoms. The Morgan fingerprint density at radius 2 is 1.95 bits per heavy atom. The minimum absolute atomic E-state index is 0.134. The van der Waals surface area contributed by atoms with E-state index in [1.165, 1.54) is 16.0 Å². The van der Waals surface area contributed by atoms with Crippen molar-refractivity contribution in [1.29, 1.82) is 0 Å². The van der Waals surface area contributed by atoms with Crippen LogP contribution < -0.4 is 5.32 Å². The molecule has 106 valence electrons. The zero-order valence-corrected chi connectivity index (χ0v) is 13.4. The van der Waals surface area contributed by atoms with Crippen molar-refractivity contribution in [3.05, 3.63) is 53.7 Å². The van der Waals surface area contributed by atoms with Crippen molar-refractivity contribution in [2.24, 2.45) is 0 Å². The molecule has 1 heterocycles. The maximum atomic E-state index is 4.53. The van der Waals surface area contributed by atoms with Gasteiger partial charge < -0.3 is 5.32 Å². The predicted molar refractivity (Wildman–Crippen MR) is 86.1 cm³/mol. The predicted octanol–water partition coefficient (Wildman–Crippen LogP) is 4.43. The number of nitrogens with zero attached hydrogens (tertiary/aromatic N) is 1. The number of pyridine rings is 1. The van der Waals surface area contributed by atoms with E-state index >= 15 is 0 Å². The van der Waals surface area contributed by atoms with Crippen LogP contribution in [0.1, 0.15) is 31.9 Å². The molecule has 0 saturated carbocycles. The van der Waals surface area contributed by atoms with Crippen LogP contribution in [0.25, 0.3) is 0 Å². The number of benzene rings is 1. The fourth-order valence-electron chi connectivity index (χ4n) is 1.74. The van der Waals surface area contributed by atoms with Gasteiger partial charge in [-0.15, -0.1) is 0 Å². The summed E-state index contributed by atoms with van der Waals surface area (Å²) in [4.78, 5) is 5.76. The van der Waals surface area contributed by atoms with Crippen molar-refractivity contribution >= 4 is 11.8 Å². The van der Waals surface area contributed by atoms with Crippen molar-refractivity contribution in [2.45, 2.75) is 49.7 Å². The molecule has 1 aromatic carbocycles. The second-order valence-electron chi connectivity index (χ2n) is 6.03. The van der Waals surface area contributed by atoms with Gasteiger partial charge >= 0.3 is 0 Å². The highest BCUT2D eigenvalue weighted by molar-refractivity contribution is 7.99. The van der Waals surface area contributed by atoms with Crippen LogP contribution in [0.5, 0.6) is 0 Å². The molecule has 0 aliphatic rings. The summed E-state index contributed by atoms with van der Waals surface area (Å²) in [5.74, 6) is 0. The first-order valence-corrected chi connectivity index (χ1v) is 7.68. The Kier molecular flexibility index (Phi) is 4.84. The summed E-state index contributed by atoms with van der Waals surface area (Å²) in [6.45, 7) is 9.47. The van der Waals surface area contributed by atoms with Crippen LogP contribution in [-0.4, -0.2) is 10.5 Å². The molecule has 0 amide bonds. The zero-order chi connectivity index (χ0) is 14.6. The van der Waals surface area contributed by atoms with Gasteiger partial charge in [-0.25, -0.2) is 4.98 Å². The van der Waals surface area contributed by atoms with Gasteiger partial charge in [0.2, 0.25) is 0 Å². The molecule has 2 rings (SSSR count). The average Bonchev–Trinajstić information content (AvgIpc) is 2.37. The number of aromatic nitrogens is 1. The van der Waals surface area contributed by atoms with Crippen molar-refractivity contribution < 1.29 is 0 Å². The molecule has 0 aliphatic heterocycles. The number of nitrogens with one attached hydrogen (secondary N) is 1. The summed E-state index contributed by atoms with van der Waals surface area (Å²) in [6, 6.07) is 12.7. The Hall–Kier alpha value is -1.32. The zero-order valence-electron chi connectivity index (χ0n) is 12.6. The number of hydrogen-bond acceptors (Lipinski definition) is 3. The minimum Gasteiger partial charge on any atom is -0.308 e. The SMILES string of the molecule is Cc1cccc(Sc2ccc(CNC(C)(C)C)cn2)c1. The van der Waals surface area contributed by atoms with Crippen molar-refractivity contribution in [2.75, 3.05) is 0 Å². The van der Waals surface area contributed by atoms with Gasteiger partial charge in [-0.3, -0.25) is 0 Å². The molecule has 0 bridgehead atoms. The number of hydrogen-bond donors (Lipinski definition) is 1. The first-order valence-electron chi connectivity index (χ1n) is 6.87. The summed E-state index contributed by atoms with van der Waals surface area (Å²) in [7, 11) is 0. The number of aryl methyl sites for hydroxylation is 1. The highest BCUT2D eigenvalue weighted by Crippen LogP contribution is 2.26. The van der Waals surface area contributed by atoms with Crippen LogP contribution in [0.2, 0.25) is 0 Å². The first-order chi connectivity index (χ1) is 9.42. The summed E-state index contributed by atoms with van der Waals surface area (Å²) >= 11 is 1.70. The molecule has 2 aromatic rings. The molecule has 2 nitrogen and oxygen atoms in total. The standard InChI is InChI=1S/C17H22N2S/c1-13-6-5-7-15(10-13)20-16-9-8-14(11-18-16)12-19-17(2,3)4/h5-11,19H,12H2,1-4H3. The lowest BCUT2D eigenvalue weighted by Gasteiger charge is -2.20. The summed E-state index contributed by atoms with van der Waals surface area (Å²) in [5, 5.41) is 4.51. The van der Waals surface area contributed by atoms with Gasteiger partial charge in [0, 0.05) is 23.2 Å². The molecule has 1 aromatic heterocycles. The van der Waals surface area contributed by atoms with E-state index in [9.17, 15) is 0 Å². The summed E-state index contributed by atoms with van der Waals surface area (Å²) in [5.41, 5.74) is 2.63. The molecule has 0 radical (unpaired) electrons. The van der Waals surface area contributed by atoms with Gasteiger partial charge in [-0.05, 0) is 51.5 Å². The third-order valence-corrected chi connectivity index (χ3v) is 3.77. The van der Waals surface area contributed by atoms with E-state index in [-0.39, 0.29) is 5.54 Å². The monoisotopic (exact) mass is 286 g/mol. The van der Waals surface area contributed by atoms with E-state index in [4.69, 9.17) is 0 Å². The molecular weight excluding hydrogens is 264 g/mol. The van der Waals surface area contributed by atoms with Crippen LogP contribution in [0, 0.1) is 6.92 Å². The fraction of sp³-hybridized carbons (Fsp3) is 0.353. The molecule has 0 spiro atoms. The van der Waals surface area contributed by atoms with Gasteiger partial charge in [-0.1, -0.05) is 35.5 Å². The van der Waals surface area contributed by atoms with Crippen LogP contribution in [0.15, 0.2) is 52.5 Å². The normalized spacial score (nSPS) is 11.6. The first kappa shape index (κ1) is 15.1. The Morgan fingerprint density at radius 3 is 2.55 bits per heavy atom. The smallest absolute Gasteiger partial charge is 0.101 e. The van der Waals surface area contributed by atoms with Gasteiger partial charge in [0.25, 0.3) is 0 Å². The third kappa shape index (κ3) is 4.99. The second kappa shape index (κ2) is 6.42. The van der Waals surface area contributed by atoms with Crippen molar-refractivity contribution in [1.82, 2.24) is 10.3 Å². The van der Waals surface area contributed by atoms with Crippen molar-refractivity contribution in [3.8, 4) is 0 Å². The molecule has 0 unspecified atom stereocenters. The summed E-state index contributed by atoms with van der Waals surface area (Å²) in [6.07, 6.45) is 1.96. The quantitative estimate of drug-likeness (QED) is 0.900. The minimum atomic E-state index is 0.134. The van der Waals surface area contributed by atoms with Gasteiger partial charge in [0.1, 0.15) is 5.03 Å². The van der Waals surface area contributed by atoms with E-state index in [0.29, 0.717) is 0 Å². The Morgan fingerprint density at radius 1 is 1.15 bits per heavy atom. The second-order valence-corrected chi connectivity index (χ2v) is 7.12. The maximum Gasteiger partial charge on any atom is 0.101 e. The van der Waals surface area contributed by atoms with Crippen LogP contribution >= 0.6 is 11.8 Å². The highest BCUT2D eigenvalue weighted by atomic mass is 32.2. The molecular formula is C17H22N2S. The third-order valence-electron chi connectivity index (χ3n) is 2.83. The Balaban J connectivity index is 1.98. The van der Waals surface area contributed by atoms with Crippen molar-refractivity contribution in [3.63, 3.8) is 0 Å². The van der Waals surface area contributed by atoms with E-state index in [1.54, 1.807) is 11.8 Å². The molecule has 0 aliphatic carbocycles. The molecule has 0 fully saturated rings. The topological polar surface area (TPSA) is 24.9 Å². The molecule has 1 N–H and O–H groups in total. The lowest BCUT2D eigenvalue weighted by molar-refractivity contribution is 0.424. The summed E-state index contributed by atoms with van der Waals surface area (Å²) < 4.78 is 0. The maximum absolute atomic E-state index is 4.53. The fourth-order valence-corrected chi connectivity index (χ4v) is 2.62. The van der Waals surface area contributed by atoms with E-state index in [0.717, 1.165) is 11.6 Å². The lowest BCUT2D eigenvalue weighted by Crippen LogP contribution is -2.35. The molecule has 0 atom stereocenters. The van der Waals surface area contributed by atoms with Crippen LogP contribution in [0.4, 0.5) is 0 Å². The number of rotatable bonds is 4. The molecule has 20 heavy (non-hydrogen) atoms. The van der Waals surface area contributed by atoms with Crippen LogP contribution in [0.3, 0.4) is 0 Å². The van der Waals surface area contributed by atoms with Gasteiger partial charge in [0.15, 0.2) is 0 Å². The van der Waals surface area contributed by atoms with Gasteiger partial charge in [0.05, 0.1) is 0 Å².